The Morgan fingerprint density at radius 1 is 1.30 bits per heavy atom. The summed E-state index contributed by atoms with van der Waals surface area (Å²) in [4.78, 5) is 0. The third-order valence-electron chi connectivity index (χ3n) is 1.87. The molecule has 0 aliphatic heterocycles. The Bertz CT molecular complexity index is 206. The van der Waals surface area contributed by atoms with Crippen LogP contribution in [0.5, 0.6) is 0 Å². The van der Waals surface area contributed by atoms with Crippen LogP contribution < -0.4 is 0 Å². The summed E-state index contributed by atoms with van der Waals surface area (Å²) in [5.74, 6) is 6.29. The van der Waals surface area contributed by atoms with Gasteiger partial charge in [0.2, 0.25) is 0 Å². The maximum atomic E-state index is 3.94. The molecule has 1 aliphatic rings. The van der Waals surface area contributed by atoms with Crippen LogP contribution in [-0.2, 0) is 0 Å². The number of rotatable bonds is 0. The molecule has 1 rings (SSSR count). The topological polar surface area (TPSA) is 0 Å². The van der Waals surface area contributed by atoms with E-state index in [1.807, 2.05) is 6.92 Å². The summed E-state index contributed by atoms with van der Waals surface area (Å²) in [6, 6.07) is 0. The largest absolute Gasteiger partial charge is 0.106 e. The average Bonchev–Trinajstić information content (AvgIpc) is 2.20. The van der Waals surface area contributed by atoms with Gasteiger partial charge < -0.3 is 0 Å². The van der Waals surface area contributed by atoms with Crippen molar-refractivity contribution in [2.24, 2.45) is 5.92 Å². The van der Waals surface area contributed by atoms with Gasteiger partial charge in [0.1, 0.15) is 0 Å². The third-order valence-corrected chi connectivity index (χ3v) is 1.87. The highest BCUT2D eigenvalue weighted by atomic mass is 14.2. The molecule has 0 saturated heterocycles. The third kappa shape index (κ3) is 1.14. The van der Waals surface area contributed by atoms with E-state index >= 15 is 0 Å². The van der Waals surface area contributed by atoms with Gasteiger partial charge >= 0.3 is 0 Å². The average molecular weight is 132 g/mol. The maximum absolute atomic E-state index is 3.94. The van der Waals surface area contributed by atoms with Gasteiger partial charge in [0.15, 0.2) is 0 Å². The zero-order chi connectivity index (χ0) is 7.56. The van der Waals surface area contributed by atoms with Crippen LogP contribution in [-0.4, -0.2) is 0 Å². The van der Waals surface area contributed by atoms with E-state index in [1.165, 1.54) is 11.1 Å². The summed E-state index contributed by atoms with van der Waals surface area (Å²) in [5, 5.41) is 0. The van der Waals surface area contributed by atoms with E-state index in [0.717, 1.165) is 12.8 Å². The minimum atomic E-state index is 0.296. The Morgan fingerprint density at radius 2 is 1.80 bits per heavy atom. The Hall–Kier alpha value is -0.960. The normalized spacial score (nSPS) is 18.9. The standard InChI is InChI=1S/C10H12/c1-4-5-10-8(2)6-7-9(10)3/h10H,2-3,6-7H2,1H3. The van der Waals surface area contributed by atoms with E-state index in [2.05, 4.69) is 25.0 Å². The molecule has 0 amide bonds. The van der Waals surface area contributed by atoms with Crippen LogP contribution >= 0.6 is 0 Å². The van der Waals surface area contributed by atoms with Gasteiger partial charge in [-0.05, 0) is 19.8 Å². The quantitative estimate of drug-likeness (QED) is 0.351. The molecule has 0 radical (unpaired) electrons. The molecule has 1 aliphatic carbocycles. The Labute approximate surface area is 62.6 Å². The van der Waals surface area contributed by atoms with Crippen LogP contribution in [0.25, 0.3) is 0 Å². The summed E-state index contributed by atoms with van der Waals surface area (Å²) >= 11 is 0. The molecule has 0 nitrogen and oxygen atoms in total. The minimum Gasteiger partial charge on any atom is -0.106 e. The van der Waals surface area contributed by atoms with Crippen LogP contribution in [0.15, 0.2) is 24.3 Å². The molecular weight excluding hydrogens is 120 g/mol. The number of allylic oxidation sites excluding steroid dienone is 2. The van der Waals surface area contributed by atoms with E-state index < -0.39 is 0 Å². The van der Waals surface area contributed by atoms with Gasteiger partial charge in [0.25, 0.3) is 0 Å². The van der Waals surface area contributed by atoms with Gasteiger partial charge in [-0.25, -0.2) is 0 Å². The molecule has 0 heteroatoms. The second-order valence-corrected chi connectivity index (χ2v) is 2.64. The van der Waals surface area contributed by atoms with Crippen LogP contribution in [0.3, 0.4) is 0 Å². The monoisotopic (exact) mass is 132 g/mol. The lowest BCUT2D eigenvalue weighted by Crippen LogP contribution is -1.92. The van der Waals surface area contributed by atoms with Crippen molar-refractivity contribution in [1.82, 2.24) is 0 Å². The molecule has 0 aromatic rings. The molecule has 1 fully saturated rings. The van der Waals surface area contributed by atoms with Crippen molar-refractivity contribution in [1.29, 1.82) is 0 Å². The lowest BCUT2D eigenvalue weighted by atomic mass is 10.0. The van der Waals surface area contributed by atoms with E-state index in [0.29, 0.717) is 5.92 Å². The predicted octanol–water partition coefficient (Wildman–Crippen LogP) is 2.53. The van der Waals surface area contributed by atoms with Crippen LogP contribution in [0.4, 0.5) is 0 Å². The van der Waals surface area contributed by atoms with Gasteiger partial charge in [0.05, 0.1) is 5.92 Å². The lowest BCUT2D eigenvalue weighted by molar-refractivity contribution is 1.01. The summed E-state index contributed by atoms with van der Waals surface area (Å²) in [6.07, 6.45) is 2.16. The van der Waals surface area contributed by atoms with Crippen LogP contribution in [0, 0.1) is 17.8 Å². The van der Waals surface area contributed by atoms with Gasteiger partial charge in [-0.2, -0.15) is 0 Å². The summed E-state index contributed by atoms with van der Waals surface area (Å²) in [7, 11) is 0. The molecule has 52 valence electrons. The first-order chi connectivity index (χ1) is 4.75. The highest BCUT2D eigenvalue weighted by Gasteiger charge is 2.20. The van der Waals surface area contributed by atoms with Gasteiger partial charge in [-0.1, -0.05) is 30.2 Å². The molecule has 0 bridgehead atoms. The van der Waals surface area contributed by atoms with Crippen molar-refractivity contribution in [2.45, 2.75) is 19.8 Å². The molecule has 0 N–H and O–H groups in total. The fourth-order valence-electron chi connectivity index (χ4n) is 1.25. The molecule has 10 heavy (non-hydrogen) atoms. The van der Waals surface area contributed by atoms with Crippen molar-refractivity contribution in [2.75, 3.05) is 0 Å². The summed E-state index contributed by atoms with van der Waals surface area (Å²) < 4.78 is 0. The van der Waals surface area contributed by atoms with Crippen molar-refractivity contribution in [3.05, 3.63) is 24.3 Å². The fraction of sp³-hybridized carbons (Fsp3) is 0.400. The highest BCUT2D eigenvalue weighted by Crippen LogP contribution is 2.32. The molecule has 0 unspecified atom stereocenters. The second-order valence-electron chi connectivity index (χ2n) is 2.64. The van der Waals surface area contributed by atoms with Crippen molar-refractivity contribution in [3.63, 3.8) is 0 Å². The molecule has 0 spiro atoms. The van der Waals surface area contributed by atoms with Crippen LogP contribution in [0.1, 0.15) is 19.8 Å². The fourth-order valence-corrected chi connectivity index (χ4v) is 1.25. The molecule has 0 atom stereocenters. The van der Waals surface area contributed by atoms with E-state index in [9.17, 15) is 0 Å². The van der Waals surface area contributed by atoms with Gasteiger partial charge in [-0.3, -0.25) is 0 Å². The van der Waals surface area contributed by atoms with Crippen molar-refractivity contribution < 1.29 is 0 Å². The first-order valence-electron chi connectivity index (χ1n) is 3.53. The Kier molecular flexibility index (Phi) is 1.97. The van der Waals surface area contributed by atoms with Crippen molar-refractivity contribution >= 4 is 0 Å². The molecule has 0 aromatic heterocycles. The molecular formula is C10H12. The van der Waals surface area contributed by atoms with Crippen LogP contribution in [0.2, 0.25) is 0 Å². The summed E-state index contributed by atoms with van der Waals surface area (Å²) in [6.45, 7) is 9.74. The second kappa shape index (κ2) is 2.75. The smallest absolute Gasteiger partial charge is 0.0616 e. The lowest BCUT2D eigenvalue weighted by Gasteiger charge is -2.01. The van der Waals surface area contributed by atoms with Crippen molar-refractivity contribution in [3.8, 4) is 11.8 Å². The first kappa shape index (κ1) is 7.15. The Morgan fingerprint density at radius 3 is 2.20 bits per heavy atom. The first-order valence-corrected chi connectivity index (χ1v) is 3.53. The predicted molar refractivity (Wildman–Crippen MR) is 44.5 cm³/mol. The number of hydrogen-bond acceptors (Lipinski definition) is 0. The van der Waals surface area contributed by atoms with Gasteiger partial charge in [0, 0.05) is 0 Å². The number of hydrogen-bond donors (Lipinski definition) is 0. The van der Waals surface area contributed by atoms with Gasteiger partial charge in [-0.15, -0.1) is 5.92 Å². The Balaban J connectivity index is 2.79. The van der Waals surface area contributed by atoms with E-state index in [1.54, 1.807) is 0 Å². The molecule has 0 aromatic carbocycles. The SMILES string of the molecule is C=C1CCC(=C)C1C#CC. The van der Waals surface area contributed by atoms with E-state index in [4.69, 9.17) is 0 Å². The summed E-state index contributed by atoms with van der Waals surface area (Å²) in [5.41, 5.74) is 2.47. The minimum absolute atomic E-state index is 0.296. The zero-order valence-electron chi connectivity index (χ0n) is 6.41. The van der Waals surface area contributed by atoms with E-state index in [-0.39, 0.29) is 0 Å². The maximum Gasteiger partial charge on any atom is 0.0616 e. The zero-order valence-corrected chi connectivity index (χ0v) is 6.41. The highest BCUT2D eigenvalue weighted by molar-refractivity contribution is 5.33. The molecule has 1 saturated carbocycles. The molecule has 0 heterocycles.